The van der Waals surface area contributed by atoms with E-state index in [1.54, 1.807) is 0 Å². The lowest BCUT2D eigenvalue weighted by atomic mass is 9.31. The van der Waals surface area contributed by atoms with Gasteiger partial charge in [-0.1, -0.05) is 315 Å². The number of fused-ring (bicyclic) bond motifs is 39. The van der Waals surface area contributed by atoms with Crippen molar-refractivity contribution >= 4 is 79.0 Å². The maximum Gasteiger partial charge on any atom is 0.253 e. The van der Waals surface area contributed by atoms with Gasteiger partial charge in [-0.05, 0) is 222 Å². The standard InChI is InChI=1S/C105H62BN3/c1-2-26-63(27-3-1)64-50-52-65(53-51-64)107-95-58-55-78-74-34-10-22-46-88(74)105(86-44-20-8-32-72(86)73-33-9-21-45-87(73)105)99(78)102(95)106-100-96(107)61-67(109-92-48-24-13-36-76(92)77-37-14-25-49-93(77)109)62-97(100)108(66-54-56-90-80(60-66)75-35-11-19-43-85(75)103(90)81-39-15-4-28-68(81)69-29-5-16-40-82(69)103)94-59-57-91-98(101(94)106)79-38-12-23-47-89(79)104(91)83-41-17-6-30-70(83)71-31-7-18-42-84(71)104/h1-62H. The Balaban J connectivity index is 0.855. The zero-order valence-electron chi connectivity index (χ0n) is 59.2. The summed E-state index contributed by atoms with van der Waals surface area (Å²) in [6, 6.07) is 146. The number of hydrogen-bond donors (Lipinski definition) is 0. The number of benzene rings is 17. The predicted molar refractivity (Wildman–Crippen MR) is 449 cm³/mol. The normalized spacial score (nSPS) is 15.0. The molecule has 0 saturated heterocycles. The average Bonchev–Trinajstić information content (AvgIpc) is 1.53. The Labute approximate surface area is 631 Å². The van der Waals surface area contributed by atoms with Crippen LogP contribution in [0.4, 0.5) is 34.1 Å². The van der Waals surface area contributed by atoms with Crippen molar-refractivity contribution in [3.63, 3.8) is 0 Å². The van der Waals surface area contributed by atoms with E-state index < -0.39 is 16.2 Å². The Morgan fingerprint density at radius 2 is 0.550 bits per heavy atom. The Kier molecular flexibility index (Phi) is 11.2. The highest BCUT2D eigenvalue weighted by Gasteiger charge is 2.60. The number of nitrogens with zero attached hydrogens (tertiary/aromatic N) is 3. The minimum Gasteiger partial charge on any atom is -0.311 e. The van der Waals surface area contributed by atoms with Crippen molar-refractivity contribution in [2.45, 2.75) is 16.2 Å². The molecule has 0 unspecified atom stereocenters. The first-order valence-electron chi connectivity index (χ1n) is 38.4. The summed E-state index contributed by atoms with van der Waals surface area (Å²) in [5, 5.41) is 2.44. The van der Waals surface area contributed by atoms with Crippen LogP contribution in [0.5, 0.6) is 0 Å². The average molecular weight is 1380 g/mol. The number of hydrogen-bond acceptors (Lipinski definition) is 2. The smallest absolute Gasteiger partial charge is 0.253 e. The van der Waals surface area contributed by atoms with Crippen molar-refractivity contribution in [1.82, 2.24) is 4.57 Å². The molecule has 2 aliphatic heterocycles. The molecule has 0 fully saturated rings. The van der Waals surface area contributed by atoms with Gasteiger partial charge >= 0.3 is 0 Å². The van der Waals surface area contributed by atoms with Gasteiger partial charge in [-0.2, -0.15) is 0 Å². The lowest BCUT2D eigenvalue weighted by Gasteiger charge is -2.47. The molecule has 3 spiro atoms. The van der Waals surface area contributed by atoms with Crippen molar-refractivity contribution in [1.29, 1.82) is 0 Å². The molecular weight excluding hydrogens is 1310 g/mol. The first kappa shape index (κ1) is 58.5. The first-order valence-corrected chi connectivity index (χ1v) is 38.4. The summed E-state index contributed by atoms with van der Waals surface area (Å²) in [6.07, 6.45) is 0. The number of para-hydroxylation sites is 2. The van der Waals surface area contributed by atoms with Crippen molar-refractivity contribution in [2.24, 2.45) is 0 Å². The monoisotopic (exact) mass is 1380 g/mol. The molecule has 6 aliphatic carbocycles. The minimum absolute atomic E-state index is 0.352. The summed E-state index contributed by atoms with van der Waals surface area (Å²) >= 11 is 0. The maximum atomic E-state index is 2.74. The highest BCUT2D eigenvalue weighted by molar-refractivity contribution is 7.01. The quantitative estimate of drug-likeness (QED) is 0.163. The molecule has 0 atom stereocenters. The second kappa shape index (κ2) is 20.8. The lowest BCUT2D eigenvalue weighted by Crippen LogP contribution is -2.63. The summed E-state index contributed by atoms with van der Waals surface area (Å²) in [7, 11) is 0. The van der Waals surface area contributed by atoms with Gasteiger partial charge in [-0.25, -0.2) is 0 Å². The molecule has 500 valence electrons. The SMILES string of the molecule is c1ccc(-c2ccc(N3c4cc(-n5c6ccccc6c6ccccc65)cc5c4B(c4c(ccc6c4-c4ccccc4C64c6ccccc6-c6ccccc64)N5c4ccc5c(c4)-c4ccccc4C54c5ccccc5-c5ccccc54)c4c3ccc3c4C4(c5ccccc5-c5ccccc54)c4ccccc4-3)cc2)cc1. The maximum absolute atomic E-state index is 2.74. The molecule has 0 radical (unpaired) electrons. The Hall–Kier alpha value is -13.8. The second-order valence-corrected chi connectivity index (χ2v) is 31.0. The van der Waals surface area contributed by atoms with Gasteiger partial charge in [0.2, 0.25) is 0 Å². The van der Waals surface area contributed by atoms with E-state index in [2.05, 4.69) is 390 Å². The first-order chi connectivity index (χ1) is 54.1. The van der Waals surface area contributed by atoms with Crippen LogP contribution < -0.4 is 26.2 Å². The Morgan fingerprint density at radius 1 is 0.202 bits per heavy atom. The fraction of sp³-hybridized carbons (Fsp3) is 0.0286. The van der Waals surface area contributed by atoms with E-state index in [0.717, 1.165) is 39.5 Å². The van der Waals surface area contributed by atoms with Crippen LogP contribution in [-0.2, 0) is 16.2 Å². The molecule has 3 nitrogen and oxygen atoms in total. The van der Waals surface area contributed by atoms with Crippen molar-refractivity contribution in [3.8, 4) is 83.6 Å². The summed E-state index contributed by atoms with van der Waals surface area (Å²) < 4.78 is 2.56. The van der Waals surface area contributed by atoms with Gasteiger partial charge in [0.15, 0.2) is 0 Å². The third-order valence-electron chi connectivity index (χ3n) is 26.6. The molecule has 18 aromatic rings. The van der Waals surface area contributed by atoms with E-state index in [-0.39, 0.29) is 6.71 Å². The van der Waals surface area contributed by atoms with Crippen molar-refractivity contribution < 1.29 is 0 Å². The van der Waals surface area contributed by atoms with Crippen LogP contribution in [0.15, 0.2) is 376 Å². The topological polar surface area (TPSA) is 11.4 Å². The van der Waals surface area contributed by atoms with Crippen LogP contribution >= 0.6 is 0 Å². The summed E-state index contributed by atoms with van der Waals surface area (Å²) in [4.78, 5) is 5.44. The number of aromatic nitrogens is 1. The van der Waals surface area contributed by atoms with Crippen LogP contribution in [0.25, 0.3) is 105 Å². The van der Waals surface area contributed by atoms with Crippen LogP contribution in [-0.4, -0.2) is 11.3 Å². The third kappa shape index (κ3) is 6.92. The molecule has 0 bridgehead atoms. The van der Waals surface area contributed by atoms with Gasteiger partial charge in [-0.3, -0.25) is 0 Å². The molecule has 17 aromatic carbocycles. The van der Waals surface area contributed by atoms with Gasteiger partial charge < -0.3 is 14.4 Å². The molecule has 1 aromatic heterocycles. The van der Waals surface area contributed by atoms with Gasteiger partial charge in [0, 0.05) is 44.9 Å². The van der Waals surface area contributed by atoms with E-state index in [1.165, 1.54) is 183 Å². The van der Waals surface area contributed by atoms with E-state index in [1.807, 2.05) is 0 Å². The highest BCUT2D eigenvalue weighted by atomic mass is 15.2. The Bertz CT molecular complexity index is 6950. The molecule has 26 rings (SSSR count). The summed E-state index contributed by atoms with van der Waals surface area (Å²) in [6.45, 7) is -0.352. The van der Waals surface area contributed by atoms with Gasteiger partial charge in [0.1, 0.15) is 0 Å². The second-order valence-electron chi connectivity index (χ2n) is 31.0. The van der Waals surface area contributed by atoms with Crippen LogP contribution in [0.3, 0.4) is 0 Å². The molecule has 0 N–H and O–H groups in total. The highest BCUT2D eigenvalue weighted by Crippen LogP contribution is 2.68. The van der Waals surface area contributed by atoms with E-state index in [4.69, 9.17) is 0 Å². The van der Waals surface area contributed by atoms with Crippen LogP contribution in [0.1, 0.15) is 66.8 Å². The number of rotatable bonds is 4. The Morgan fingerprint density at radius 3 is 1.06 bits per heavy atom. The largest absolute Gasteiger partial charge is 0.311 e. The fourth-order valence-electron chi connectivity index (χ4n) is 22.9. The third-order valence-corrected chi connectivity index (χ3v) is 26.6. The van der Waals surface area contributed by atoms with E-state index >= 15 is 0 Å². The summed E-state index contributed by atoms with van der Waals surface area (Å²) in [5.41, 5.74) is 46.0. The molecule has 0 amide bonds. The molecule has 4 heteroatoms. The molecule has 0 saturated carbocycles. The van der Waals surface area contributed by atoms with Gasteiger partial charge in [-0.15, -0.1) is 0 Å². The molecule has 109 heavy (non-hydrogen) atoms. The van der Waals surface area contributed by atoms with Crippen molar-refractivity contribution in [2.75, 3.05) is 9.80 Å². The fourth-order valence-corrected chi connectivity index (χ4v) is 22.9. The van der Waals surface area contributed by atoms with E-state index in [0.29, 0.717) is 0 Å². The lowest BCUT2D eigenvalue weighted by molar-refractivity contribution is 0.793. The zero-order valence-corrected chi connectivity index (χ0v) is 59.2. The van der Waals surface area contributed by atoms with Gasteiger partial charge in [0.05, 0.1) is 33.0 Å². The molecule has 3 heterocycles. The van der Waals surface area contributed by atoms with Crippen LogP contribution in [0.2, 0.25) is 0 Å². The minimum atomic E-state index is -0.716. The van der Waals surface area contributed by atoms with E-state index in [9.17, 15) is 0 Å². The zero-order chi connectivity index (χ0) is 70.7. The molecular formula is C105H62BN3. The molecule has 8 aliphatic rings. The van der Waals surface area contributed by atoms with Crippen molar-refractivity contribution in [3.05, 3.63) is 443 Å². The van der Waals surface area contributed by atoms with Crippen LogP contribution in [0, 0.1) is 0 Å². The predicted octanol–water partition coefficient (Wildman–Crippen LogP) is 23.6. The number of anilines is 6. The summed E-state index contributed by atoms with van der Waals surface area (Å²) in [5.74, 6) is 0. The van der Waals surface area contributed by atoms with Gasteiger partial charge in [0.25, 0.3) is 6.71 Å².